The zero-order valence-corrected chi connectivity index (χ0v) is 8.04. The molecule has 1 atom stereocenters. The van der Waals surface area contributed by atoms with Gasteiger partial charge in [0.1, 0.15) is 5.54 Å². The fraction of sp³-hybridized carbons (Fsp3) is 0.857. The zero-order valence-electron chi connectivity index (χ0n) is 7.23. The summed E-state index contributed by atoms with van der Waals surface area (Å²) in [7, 11) is 0. The van der Waals surface area contributed by atoms with Crippen LogP contribution in [0.5, 0.6) is 0 Å². The topological polar surface area (TPSA) is 49.3 Å². The maximum absolute atomic E-state index is 11.9. The van der Waals surface area contributed by atoms with Crippen LogP contribution in [0.15, 0.2) is 0 Å². The Kier molecular flexibility index (Phi) is 3.31. The average molecular weight is 229 g/mol. The van der Waals surface area contributed by atoms with Gasteiger partial charge in [0.2, 0.25) is 0 Å². The lowest BCUT2D eigenvalue weighted by Crippen LogP contribution is -2.54. The van der Waals surface area contributed by atoms with Crippen molar-refractivity contribution in [3.8, 4) is 0 Å². The van der Waals surface area contributed by atoms with Gasteiger partial charge in [0.25, 0.3) is 0 Å². The fourth-order valence-corrected chi connectivity index (χ4v) is 2.57. The number of carboxylic acid groups (broad SMARTS) is 1. The molecule has 0 aromatic rings. The third-order valence-electron chi connectivity index (χ3n) is 2.06. The monoisotopic (exact) mass is 229 g/mol. The lowest BCUT2D eigenvalue weighted by atomic mass is 9.99. The normalized spacial score (nSPS) is 27.9. The molecule has 0 aromatic heterocycles. The van der Waals surface area contributed by atoms with Gasteiger partial charge in [-0.1, -0.05) is 0 Å². The first-order chi connectivity index (χ1) is 6.36. The number of carboxylic acids is 1. The highest BCUT2D eigenvalue weighted by molar-refractivity contribution is 7.99. The van der Waals surface area contributed by atoms with Gasteiger partial charge >= 0.3 is 12.1 Å². The highest BCUT2D eigenvalue weighted by Gasteiger charge is 2.44. The van der Waals surface area contributed by atoms with Gasteiger partial charge in [0.05, 0.1) is 6.54 Å². The molecule has 1 aliphatic rings. The van der Waals surface area contributed by atoms with E-state index >= 15 is 0 Å². The van der Waals surface area contributed by atoms with E-state index in [9.17, 15) is 18.0 Å². The van der Waals surface area contributed by atoms with E-state index in [1.165, 1.54) is 11.8 Å². The molecule has 3 nitrogen and oxygen atoms in total. The minimum absolute atomic E-state index is 0.193. The highest BCUT2D eigenvalue weighted by Crippen LogP contribution is 2.29. The van der Waals surface area contributed by atoms with E-state index in [0.29, 0.717) is 5.75 Å². The van der Waals surface area contributed by atoms with Crippen LogP contribution in [0.2, 0.25) is 0 Å². The van der Waals surface area contributed by atoms with Crippen molar-refractivity contribution in [1.29, 1.82) is 0 Å². The summed E-state index contributed by atoms with van der Waals surface area (Å²) in [6, 6.07) is 0. The van der Waals surface area contributed by atoms with E-state index in [0.717, 1.165) is 0 Å². The van der Waals surface area contributed by atoms with Crippen LogP contribution in [0, 0.1) is 0 Å². The van der Waals surface area contributed by atoms with Gasteiger partial charge in [-0.15, -0.1) is 0 Å². The van der Waals surface area contributed by atoms with Crippen molar-refractivity contribution in [2.75, 3.05) is 18.1 Å². The van der Waals surface area contributed by atoms with Crippen LogP contribution in [0.3, 0.4) is 0 Å². The number of thioether (sulfide) groups is 1. The molecule has 1 unspecified atom stereocenters. The van der Waals surface area contributed by atoms with Crippen molar-refractivity contribution in [3.05, 3.63) is 0 Å². The number of halogens is 3. The van der Waals surface area contributed by atoms with Crippen molar-refractivity contribution in [1.82, 2.24) is 5.32 Å². The summed E-state index contributed by atoms with van der Waals surface area (Å²) in [6.07, 6.45) is -4.13. The second kappa shape index (κ2) is 3.98. The molecule has 0 saturated carbocycles. The van der Waals surface area contributed by atoms with Gasteiger partial charge in [-0.2, -0.15) is 24.9 Å². The molecule has 1 fully saturated rings. The summed E-state index contributed by atoms with van der Waals surface area (Å²) in [5.74, 6) is -0.429. The Morgan fingerprint density at radius 1 is 1.57 bits per heavy atom. The summed E-state index contributed by atoms with van der Waals surface area (Å²) in [4.78, 5) is 10.8. The average Bonchev–Trinajstić information content (AvgIpc) is 2.48. The number of rotatable bonds is 3. The number of aliphatic carboxylic acids is 1. The predicted molar refractivity (Wildman–Crippen MR) is 46.4 cm³/mol. The molecule has 14 heavy (non-hydrogen) atoms. The molecule has 0 amide bonds. The summed E-state index contributed by atoms with van der Waals surface area (Å²) in [5.41, 5.74) is -1.39. The van der Waals surface area contributed by atoms with Crippen LogP contribution in [-0.4, -0.2) is 40.8 Å². The standard InChI is InChI=1S/C7H10F3NO2S/c8-7(9,10)3-11-6(5(12)13)1-2-14-4-6/h11H,1-4H2,(H,12,13). The van der Waals surface area contributed by atoms with E-state index in [1.54, 1.807) is 0 Å². The Morgan fingerprint density at radius 2 is 2.21 bits per heavy atom. The quantitative estimate of drug-likeness (QED) is 0.760. The first-order valence-electron chi connectivity index (χ1n) is 3.99. The smallest absolute Gasteiger partial charge is 0.401 e. The molecule has 1 saturated heterocycles. The molecular weight excluding hydrogens is 219 g/mol. The first kappa shape index (κ1) is 11.6. The molecular formula is C7H10F3NO2S. The molecule has 1 rings (SSSR count). The second-order valence-corrected chi connectivity index (χ2v) is 4.26. The van der Waals surface area contributed by atoms with E-state index in [1.807, 2.05) is 0 Å². The maximum Gasteiger partial charge on any atom is 0.401 e. The SMILES string of the molecule is O=C(O)C1(NCC(F)(F)F)CCSC1. The van der Waals surface area contributed by atoms with Crippen LogP contribution in [0.1, 0.15) is 6.42 Å². The Labute approximate surface area is 83.0 Å². The third-order valence-corrected chi connectivity index (χ3v) is 3.25. The Bertz CT molecular complexity index is 225. The highest BCUT2D eigenvalue weighted by atomic mass is 32.2. The third kappa shape index (κ3) is 2.78. The van der Waals surface area contributed by atoms with Crippen molar-refractivity contribution >= 4 is 17.7 Å². The number of nitrogens with one attached hydrogen (secondary N) is 1. The number of alkyl halides is 3. The largest absolute Gasteiger partial charge is 0.480 e. The van der Waals surface area contributed by atoms with Gasteiger partial charge in [0.15, 0.2) is 0 Å². The number of carbonyl (C=O) groups is 1. The van der Waals surface area contributed by atoms with Crippen LogP contribution >= 0.6 is 11.8 Å². The molecule has 0 spiro atoms. The zero-order chi connectivity index (χ0) is 10.8. The van der Waals surface area contributed by atoms with Gasteiger partial charge in [-0.05, 0) is 12.2 Å². The van der Waals surface area contributed by atoms with Crippen molar-refractivity contribution < 1.29 is 23.1 Å². The first-order valence-corrected chi connectivity index (χ1v) is 5.14. The summed E-state index contributed by atoms with van der Waals surface area (Å²) >= 11 is 1.35. The summed E-state index contributed by atoms with van der Waals surface area (Å²) in [6.45, 7) is -1.25. The minimum Gasteiger partial charge on any atom is -0.480 e. The molecule has 0 aromatic carbocycles. The Morgan fingerprint density at radius 3 is 2.57 bits per heavy atom. The molecule has 2 N–H and O–H groups in total. The molecule has 1 aliphatic heterocycles. The second-order valence-electron chi connectivity index (χ2n) is 3.16. The van der Waals surface area contributed by atoms with E-state index in [2.05, 4.69) is 5.32 Å². The maximum atomic E-state index is 11.9. The summed E-state index contributed by atoms with van der Waals surface area (Å²) in [5, 5.41) is 10.9. The Balaban J connectivity index is 2.57. The van der Waals surface area contributed by atoms with Crippen LogP contribution in [0.4, 0.5) is 13.2 Å². The lowest BCUT2D eigenvalue weighted by molar-refractivity contribution is -0.148. The molecule has 0 bridgehead atoms. The minimum atomic E-state index is -4.37. The van der Waals surface area contributed by atoms with Crippen molar-refractivity contribution in [3.63, 3.8) is 0 Å². The van der Waals surface area contributed by atoms with Gasteiger partial charge in [0, 0.05) is 5.75 Å². The number of hydrogen-bond donors (Lipinski definition) is 2. The lowest BCUT2D eigenvalue weighted by Gasteiger charge is -2.25. The molecule has 0 aliphatic carbocycles. The van der Waals surface area contributed by atoms with Gasteiger partial charge < -0.3 is 5.11 Å². The fourth-order valence-electron chi connectivity index (χ4n) is 1.22. The van der Waals surface area contributed by atoms with E-state index in [-0.39, 0.29) is 12.2 Å². The molecule has 1 heterocycles. The molecule has 82 valence electrons. The Hall–Kier alpha value is -0.430. The van der Waals surface area contributed by atoms with E-state index in [4.69, 9.17) is 5.11 Å². The van der Waals surface area contributed by atoms with Crippen LogP contribution in [-0.2, 0) is 4.79 Å². The molecule has 0 radical (unpaired) electrons. The van der Waals surface area contributed by atoms with E-state index < -0.39 is 24.2 Å². The summed E-state index contributed by atoms with van der Waals surface area (Å²) < 4.78 is 35.6. The van der Waals surface area contributed by atoms with Crippen LogP contribution in [0.25, 0.3) is 0 Å². The van der Waals surface area contributed by atoms with Crippen molar-refractivity contribution in [2.24, 2.45) is 0 Å². The van der Waals surface area contributed by atoms with Crippen LogP contribution < -0.4 is 5.32 Å². The predicted octanol–water partition coefficient (Wildman–Crippen LogP) is 1.10. The number of hydrogen-bond acceptors (Lipinski definition) is 3. The van der Waals surface area contributed by atoms with Crippen molar-refractivity contribution in [2.45, 2.75) is 18.1 Å². The molecule has 7 heteroatoms. The van der Waals surface area contributed by atoms with Gasteiger partial charge in [-0.3, -0.25) is 10.1 Å². The van der Waals surface area contributed by atoms with Gasteiger partial charge in [-0.25, -0.2) is 0 Å².